The maximum Gasteiger partial charge on any atom is 0.237 e. The van der Waals surface area contributed by atoms with Crippen LogP contribution in [0.2, 0.25) is 0 Å². The van der Waals surface area contributed by atoms with Crippen LogP contribution in [0, 0.1) is 11.3 Å². The Morgan fingerprint density at radius 1 is 1.60 bits per heavy atom. The number of hydrogen-bond acceptors (Lipinski definition) is 3. The third-order valence-electron chi connectivity index (χ3n) is 4.60. The molecule has 134 valence electrons. The summed E-state index contributed by atoms with van der Waals surface area (Å²) in [7, 11) is 1.68. The number of rotatable bonds is 7. The number of H-pyrrole nitrogens is 1. The van der Waals surface area contributed by atoms with Crippen molar-refractivity contribution in [2.75, 3.05) is 20.1 Å². The number of aliphatic imine (C=N–C) groups is 2. The van der Waals surface area contributed by atoms with E-state index in [1.165, 1.54) is 6.34 Å². The van der Waals surface area contributed by atoms with Gasteiger partial charge in [-0.15, -0.1) is 0 Å². The van der Waals surface area contributed by atoms with E-state index in [2.05, 4.69) is 27.2 Å². The minimum absolute atomic E-state index is 0.0628. The second-order valence-electron chi connectivity index (χ2n) is 6.26. The summed E-state index contributed by atoms with van der Waals surface area (Å²) in [5.74, 6) is 0.646. The van der Waals surface area contributed by atoms with E-state index in [-0.39, 0.29) is 17.9 Å². The highest BCUT2D eigenvalue weighted by molar-refractivity contribution is 6.02. The van der Waals surface area contributed by atoms with Gasteiger partial charge in [0.15, 0.2) is 0 Å². The van der Waals surface area contributed by atoms with Gasteiger partial charge in [0.05, 0.1) is 11.6 Å². The lowest BCUT2D eigenvalue weighted by atomic mass is 9.90. The quantitative estimate of drug-likeness (QED) is 0.586. The van der Waals surface area contributed by atoms with Gasteiger partial charge in [-0.25, -0.2) is 4.99 Å². The molecule has 0 saturated carbocycles. The first-order valence-electron chi connectivity index (χ1n) is 8.69. The van der Waals surface area contributed by atoms with Crippen LogP contribution >= 0.6 is 0 Å². The van der Waals surface area contributed by atoms with E-state index in [1.54, 1.807) is 7.05 Å². The van der Waals surface area contributed by atoms with Gasteiger partial charge in [-0.1, -0.05) is 13.3 Å². The van der Waals surface area contributed by atoms with Crippen LogP contribution in [0.3, 0.4) is 0 Å². The zero-order valence-electron chi connectivity index (χ0n) is 15.0. The SMILES string of the molecule is CCCC1(CN/C(=N/C=N\C)c2cc[nH]c2)CCCN1C(=O)CC#N. The zero-order chi connectivity index (χ0) is 18.1. The lowest BCUT2D eigenvalue weighted by Crippen LogP contribution is -2.54. The highest BCUT2D eigenvalue weighted by Crippen LogP contribution is 2.33. The van der Waals surface area contributed by atoms with Crippen LogP contribution in [0.5, 0.6) is 0 Å². The van der Waals surface area contributed by atoms with Crippen molar-refractivity contribution in [2.45, 2.75) is 44.6 Å². The van der Waals surface area contributed by atoms with E-state index in [9.17, 15) is 4.79 Å². The first-order valence-corrected chi connectivity index (χ1v) is 8.69. The van der Waals surface area contributed by atoms with Crippen LogP contribution in [-0.4, -0.2) is 53.6 Å². The minimum atomic E-state index is -0.261. The third-order valence-corrected chi connectivity index (χ3v) is 4.60. The number of amides is 1. The molecule has 1 aliphatic rings. The highest BCUT2D eigenvalue weighted by Gasteiger charge is 2.42. The molecular weight excluding hydrogens is 316 g/mol. The lowest BCUT2D eigenvalue weighted by Gasteiger charge is -2.39. The molecule has 1 aromatic rings. The second-order valence-corrected chi connectivity index (χ2v) is 6.26. The molecule has 1 amide bonds. The predicted octanol–water partition coefficient (Wildman–Crippen LogP) is 2.08. The Kier molecular flexibility index (Phi) is 6.75. The topological polar surface area (TPSA) is 96.6 Å². The molecule has 0 aromatic carbocycles. The van der Waals surface area contributed by atoms with Gasteiger partial charge in [-0.3, -0.25) is 9.79 Å². The van der Waals surface area contributed by atoms with Crippen LogP contribution in [0.1, 0.15) is 44.6 Å². The number of carbonyl (C=O) groups is 1. The summed E-state index contributed by atoms with van der Waals surface area (Å²) >= 11 is 0. The molecule has 7 heteroatoms. The molecular formula is C18H26N6O. The number of nitrogens with one attached hydrogen (secondary N) is 2. The number of hydrogen-bond donors (Lipinski definition) is 2. The lowest BCUT2D eigenvalue weighted by molar-refractivity contribution is -0.134. The molecule has 1 atom stereocenters. The van der Waals surface area contributed by atoms with Gasteiger partial charge in [0.1, 0.15) is 18.6 Å². The molecule has 2 heterocycles. The average molecular weight is 342 g/mol. The smallest absolute Gasteiger partial charge is 0.237 e. The Morgan fingerprint density at radius 2 is 2.44 bits per heavy atom. The number of likely N-dealkylation sites (tertiary alicyclic amines) is 1. The number of aromatic nitrogens is 1. The van der Waals surface area contributed by atoms with Crippen molar-refractivity contribution in [3.8, 4) is 6.07 Å². The van der Waals surface area contributed by atoms with Crippen LogP contribution in [0.25, 0.3) is 0 Å². The number of amidine groups is 1. The van der Waals surface area contributed by atoms with Gasteiger partial charge in [-0.2, -0.15) is 5.26 Å². The number of aromatic amines is 1. The molecule has 2 rings (SSSR count). The van der Waals surface area contributed by atoms with Crippen LogP contribution in [0.4, 0.5) is 0 Å². The average Bonchev–Trinajstić information content (AvgIpc) is 3.26. The van der Waals surface area contributed by atoms with Crippen molar-refractivity contribution in [1.29, 1.82) is 5.26 Å². The number of nitrogens with zero attached hydrogens (tertiary/aromatic N) is 4. The molecule has 7 nitrogen and oxygen atoms in total. The Bertz CT molecular complexity index is 658. The molecule has 0 radical (unpaired) electrons. The second kappa shape index (κ2) is 9.02. The van der Waals surface area contributed by atoms with Gasteiger partial charge in [0, 0.05) is 38.1 Å². The van der Waals surface area contributed by atoms with Crippen molar-refractivity contribution in [3.63, 3.8) is 0 Å². The number of nitriles is 1. The fourth-order valence-corrected chi connectivity index (χ4v) is 3.55. The molecule has 1 fully saturated rings. The normalized spacial score (nSPS) is 20.8. The summed E-state index contributed by atoms with van der Waals surface area (Å²) in [6, 6.07) is 3.92. The van der Waals surface area contributed by atoms with E-state index in [0.29, 0.717) is 6.54 Å². The Hall–Kier alpha value is -2.62. The molecule has 0 spiro atoms. The first-order chi connectivity index (χ1) is 12.2. The Morgan fingerprint density at radius 3 is 3.08 bits per heavy atom. The Labute approximate surface area is 148 Å². The van der Waals surface area contributed by atoms with Crippen molar-refractivity contribution in [1.82, 2.24) is 15.2 Å². The molecule has 25 heavy (non-hydrogen) atoms. The molecule has 1 aliphatic heterocycles. The van der Waals surface area contributed by atoms with E-state index in [0.717, 1.165) is 43.6 Å². The van der Waals surface area contributed by atoms with Gasteiger partial charge < -0.3 is 15.2 Å². The van der Waals surface area contributed by atoms with E-state index < -0.39 is 0 Å². The monoisotopic (exact) mass is 342 g/mol. The standard InChI is InChI=1S/C18H26N6O/c1-3-7-18(8-4-11-24(18)16(25)5-9-19)13-22-17(23-14-20-2)15-6-10-21-12-15/h6,10,12,14,21H,3-5,7-8,11,13H2,1-2H3,(H,20,22,23). The molecule has 1 unspecified atom stereocenters. The van der Waals surface area contributed by atoms with Crippen LogP contribution in [0.15, 0.2) is 28.4 Å². The van der Waals surface area contributed by atoms with Crippen molar-refractivity contribution < 1.29 is 4.79 Å². The minimum Gasteiger partial charge on any atom is -0.367 e. The summed E-state index contributed by atoms with van der Waals surface area (Å²) in [5, 5.41) is 12.3. The van der Waals surface area contributed by atoms with Gasteiger partial charge >= 0.3 is 0 Å². The van der Waals surface area contributed by atoms with E-state index in [1.807, 2.05) is 29.4 Å². The Balaban J connectivity index is 2.20. The maximum absolute atomic E-state index is 12.4. The summed E-state index contributed by atoms with van der Waals surface area (Å²) in [6.07, 6.45) is 8.94. The predicted molar refractivity (Wildman–Crippen MR) is 98.6 cm³/mol. The van der Waals surface area contributed by atoms with E-state index >= 15 is 0 Å². The fraction of sp³-hybridized carbons (Fsp3) is 0.556. The molecule has 1 saturated heterocycles. The molecule has 1 aromatic heterocycles. The number of carbonyl (C=O) groups excluding carboxylic acids is 1. The maximum atomic E-state index is 12.4. The summed E-state index contributed by atoms with van der Waals surface area (Å²) in [5.41, 5.74) is 0.683. The van der Waals surface area contributed by atoms with Crippen molar-refractivity contribution in [3.05, 3.63) is 24.0 Å². The van der Waals surface area contributed by atoms with Crippen LogP contribution < -0.4 is 5.32 Å². The van der Waals surface area contributed by atoms with Crippen LogP contribution in [-0.2, 0) is 4.79 Å². The zero-order valence-corrected chi connectivity index (χ0v) is 15.0. The van der Waals surface area contributed by atoms with Gasteiger partial charge in [0.2, 0.25) is 5.91 Å². The summed E-state index contributed by atoms with van der Waals surface area (Å²) in [6.45, 7) is 3.45. The largest absolute Gasteiger partial charge is 0.367 e. The van der Waals surface area contributed by atoms with Gasteiger partial charge in [0.25, 0.3) is 0 Å². The molecule has 0 bridgehead atoms. The third kappa shape index (κ3) is 4.47. The van der Waals surface area contributed by atoms with Crippen molar-refractivity contribution >= 4 is 18.1 Å². The summed E-state index contributed by atoms with van der Waals surface area (Å²) < 4.78 is 0. The van der Waals surface area contributed by atoms with Crippen molar-refractivity contribution in [2.24, 2.45) is 9.98 Å². The fourth-order valence-electron chi connectivity index (χ4n) is 3.55. The molecule has 0 aliphatic carbocycles. The first kappa shape index (κ1) is 18.7. The highest BCUT2D eigenvalue weighted by atomic mass is 16.2. The molecule has 2 N–H and O–H groups in total. The van der Waals surface area contributed by atoms with Gasteiger partial charge in [-0.05, 0) is 25.3 Å². The summed E-state index contributed by atoms with van der Waals surface area (Å²) in [4.78, 5) is 25.6. The van der Waals surface area contributed by atoms with E-state index in [4.69, 9.17) is 5.26 Å².